The first kappa shape index (κ1) is 10.8. The van der Waals surface area contributed by atoms with Crippen LogP contribution in [-0.2, 0) is 4.74 Å². The summed E-state index contributed by atoms with van der Waals surface area (Å²) < 4.78 is 4.67. The summed E-state index contributed by atoms with van der Waals surface area (Å²) in [7, 11) is 1.23. The van der Waals surface area contributed by atoms with Crippen molar-refractivity contribution in [3.8, 4) is 0 Å². The molecule has 1 aliphatic rings. The Morgan fingerprint density at radius 1 is 0.692 bits per heavy atom. The Bertz CT molecular complexity index is 158. The lowest BCUT2D eigenvalue weighted by molar-refractivity contribution is -0.229. The van der Waals surface area contributed by atoms with Crippen molar-refractivity contribution in [3.05, 3.63) is 0 Å². The third-order valence-corrected chi connectivity index (χ3v) is 2.35. The maximum atomic E-state index is 9.29. The second-order valence-electron chi connectivity index (χ2n) is 3.15. The fraction of sp³-hybridized carbons (Fsp3) is 1.00. The molecule has 0 amide bonds. The van der Waals surface area contributed by atoms with Gasteiger partial charge in [-0.05, 0) is 0 Å². The molecule has 0 saturated heterocycles. The summed E-state index contributed by atoms with van der Waals surface area (Å²) in [5.74, 6) is 0. The number of methoxy groups -OCH3 is 1. The molecule has 1 fully saturated rings. The van der Waals surface area contributed by atoms with Crippen LogP contribution in [0.4, 0.5) is 0 Å². The van der Waals surface area contributed by atoms with Crippen molar-refractivity contribution < 1.29 is 30.3 Å². The van der Waals surface area contributed by atoms with Gasteiger partial charge in [-0.2, -0.15) is 0 Å². The van der Waals surface area contributed by atoms with Crippen LogP contribution in [0.1, 0.15) is 0 Å². The Morgan fingerprint density at radius 2 is 1.00 bits per heavy atom. The topological polar surface area (TPSA) is 110 Å². The predicted molar refractivity (Wildman–Crippen MR) is 40.8 cm³/mol. The highest BCUT2D eigenvalue weighted by molar-refractivity contribution is 4.99. The van der Waals surface area contributed by atoms with E-state index in [2.05, 4.69) is 4.74 Å². The molecule has 6 nitrogen and oxygen atoms in total. The van der Waals surface area contributed by atoms with Gasteiger partial charge in [0.1, 0.15) is 36.6 Å². The molecule has 0 spiro atoms. The second-order valence-corrected chi connectivity index (χ2v) is 3.15. The van der Waals surface area contributed by atoms with E-state index < -0.39 is 36.6 Å². The van der Waals surface area contributed by atoms with Gasteiger partial charge in [0.05, 0.1) is 0 Å². The zero-order valence-corrected chi connectivity index (χ0v) is 7.11. The molecule has 78 valence electrons. The van der Waals surface area contributed by atoms with Crippen LogP contribution >= 0.6 is 0 Å². The van der Waals surface area contributed by atoms with E-state index in [9.17, 15) is 20.4 Å². The highest BCUT2D eigenvalue weighted by Crippen LogP contribution is 2.23. The number of aliphatic hydroxyl groups is 5. The molecule has 0 aromatic carbocycles. The van der Waals surface area contributed by atoms with Crippen molar-refractivity contribution in [1.29, 1.82) is 0 Å². The van der Waals surface area contributed by atoms with Gasteiger partial charge in [-0.3, -0.25) is 0 Å². The minimum Gasteiger partial charge on any atom is -0.387 e. The van der Waals surface area contributed by atoms with Crippen molar-refractivity contribution in [2.24, 2.45) is 0 Å². The summed E-state index contributed by atoms with van der Waals surface area (Å²) in [4.78, 5) is 0. The molecule has 0 bridgehead atoms. The standard InChI is InChI=1S/C7H14O6/c1-13-7-5(11)3(9)2(8)4(10)6(7)12/h2-12H,1H3/t2-,3-,4-,5+,6-,7-/m0/s1. The maximum absolute atomic E-state index is 9.29. The molecule has 0 radical (unpaired) electrons. The van der Waals surface area contributed by atoms with E-state index in [1.54, 1.807) is 0 Å². The number of aliphatic hydroxyl groups excluding tert-OH is 5. The van der Waals surface area contributed by atoms with E-state index >= 15 is 0 Å². The second kappa shape index (κ2) is 3.87. The van der Waals surface area contributed by atoms with Gasteiger partial charge < -0.3 is 30.3 Å². The van der Waals surface area contributed by atoms with E-state index in [-0.39, 0.29) is 0 Å². The minimum absolute atomic E-state index is 1.09. The van der Waals surface area contributed by atoms with Crippen LogP contribution in [0.25, 0.3) is 0 Å². The number of rotatable bonds is 1. The van der Waals surface area contributed by atoms with Crippen LogP contribution in [0.3, 0.4) is 0 Å². The highest BCUT2D eigenvalue weighted by Gasteiger charge is 2.48. The Labute approximate surface area is 75.0 Å². The molecule has 6 heteroatoms. The van der Waals surface area contributed by atoms with Crippen molar-refractivity contribution in [3.63, 3.8) is 0 Å². The first-order chi connectivity index (χ1) is 6.00. The maximum Gasteiger partial charge on any atom is 0.114 e. The lowest BCUT2D eigenvalue weighted by Gasteiger charge is -2.40. The van der Waals surface area contributed by atoms with Gasteiger partial charge in [-0.1, -0.05) is 0 Å². The molecule has 1 saturated carbocycles. The number of hydrogen-bond donors (Lipinski definition) is 5. The predicted octanol–water partition coefficient (Wildman–Crippen LogP) is -3.18. The summed E-state index contributed by atoms with van der Waals surface area (Å²) in [6.07, 6.45) is -8.48. The smallest absolute Gasteiger partial charge is 0.114 e. The Balaban J connectivity index is 2.79. The van der Waals surface area contributed by atoms with Crippen LogP contribution in [-0.4, -0.2) is 69.3 Å². The van der Waals surface area contributed by atoms with E-state index in [0.717, 1.165) is 0 Å². The molecule has 1 aliphatic carbocycles. The first-order valence-corrected chi connectivity index (χ1v) is 3.93. The SMILES string of the molecule is CO[C@H]1[C@H](O)[C@@H](O)[C@H](O)[C@H](O)[C@@H]1O. The van der Waals surface area contributed by atoms with Crippen LogP contribution in [0.5, 0.6) is 0 Å². The lowest BCUT2D eigenvalue weighted by Crippen LogP contribution is -2.64. The van der Waals surface area contributed by atoms with E-state index in [1.807, 2.05) is 0 Å². The summed E-state index contributed by atoms with van der Waals surface area (Å²) >= 11 is 0. The quantitative estimate of drug-likeness (QED) is 0.301. The lowest BCUT2D eigenvalue weighted by atomic mass is 9.85. The molecule has 0 unspecified atom stereocenters. The van der Waals surface area contributed by atoms with E-state index in [0.29, 0.717) is 0 Å². The van der Waals surface area contributed by atoms with Gasteiger partial charge in [0.15, 0.2) is 0 Å². The average molecular weight is 194 g/mol. The Morgan fingerprint density at radius 3 is 1.31 bits per heavy atom. The summed E-state index contributed by atoms with van der Waals surface area (Å²) in [5.41, 5.74) is 0. The zero-order chi connectivity index (χ0) is 10.2. The number of hydrogen-bond acceptors (Lipinski definition) is 6. The van der Waals surface area contributed by atoms with Crippen molar-refractivity contribution in [2.75, 3.05) is 7.11 Å². The van der Waals surface area contributed by atoms with E-state index in [4.69, 9.17) is 5.11 Å². The zero-order valence-electron chi connectivity index (χ0n) is 7.11. The van der Waals surface area contributed by atoms with Gasteiger partial charge in [0, 0.05) is 7.11 Å². The van der Waals surface area contributed by atoms with Crippen molar-refractivity contribution >= 4 is 0 Å². The third kappa shape index (κ3) is 1.69. The van der Waals surface area contributed by atoms with Gasteiger partial charge in [-0.15, -0.1) is 0 Å². The molecule has 0 aromatic rings. The number of ether oxygens (including phenoxy) is 1. The molecule has 6 atom stereocenters. The Kier molecular flexibility index (Phi) is 3.23. The Hall–Kier alpha value is -0.240. The molecule has 0 aliphatic heterocycles. The average Bonchev–Trinajstić information content (AvgIpc) is 2.13. The van der Waals surface area contributed by atoms with Crippen LogP contribution in [0.2, 0.25) is 0 Å². The highest BCUT2D eigenvalue weighted by atomic mass is 16.5. The molecule has 5 N–H and O–H groups in total. The summed E-state index contributed by atoms with van der Waals surface area (Å²) in [5, 5.41) is 46.1. The fourth-order valence-electron chi connectivity index (χ4n) is 1.48. The summed E-state index contributed by atoms with van der Waals surface area (Å²) in [6.45, 7) is 0. The minimum atomic E-state index is -1.56. The largest absolute Gasteiger partial charge is 0.387 e. The molecule has 13 heavy (non-hydrogen) atoms. The van der Waals surface area contributed by atoms with Gasteiger partial charge in [-0.25, -0.2) is 0 Å². The molecule has 0 aromatic heterocycles. The van der Waals surface area contributed by atoms with Gasteiger partial charge in [0.25, 0.3) is 0 Å². The van der Waals surface area contributed by atoms with Crippen molar-refractivity contribution in [1.82, 2.24) is 0 Å². The van der Waals surface area contributed by atoms with Crippen LogP contribution in [0.15, 0.2) is 0 Å². The third-order valence-electron chi connectivity index (χ3n) is 2.35. The van der Waals surface area contributed by atoms with Crippen LogP contribution < -0.4 is 0 Å². The molecular weight excluding hydrogens is 180 g/mol. The van der Waals surface area contributed by atoms with Crippen molar-refractivity contribution in [2.45, 2.75) is 36.6 Å². The van der Waals surface area contributed by atoms with E-state index in [1.165, 1.54) is 7.11 Å². The molecular formula is C7H14O6. The molecule has 1 rings (SSSR count). The van der Waals surface area contributed by atoms with Gasteiger partial charge >= 0.3 is 0 Å². The van der Waals surface area contributed by atoms with Crippen LogP contribution in [0, 0.1) is 0 Å². The van der Waals surface area contributed by atoms with Gasteiger partial charge in [0.2, 0.25) is 0 Å². The first-order valence-electron chi connectivity index (χ1n) is 3.93. The monoisotopic (exact) mass is 194 g/mol. The normalized spacial score (nSPS) is 52.2. The molecule has 0 heterocycles. The summed E-state index contributed by atoms with van der Waals surface area (Å²) in [6, 6.07) is 0. The fourth-order valence-corrected chi connectivity index (χ4v) is 1.48.